The Hall–Kier alpha value is -2.20. The van der Waals surface area contributed by atoms with Crippen LogP contribution < -0.4 is 10.6 Å². The number of benzene rings is 1. The lowest BCUT2D eigenvalue weighted by Gasteiger charge is -2.22. The zero-order valence-electron chi connectivity index (χ0n) is 13.5. The predicted octanol–water partition coefficient (Wildman–Crippen LogP) is 2.81. The van der Waals surface area contributed by atoms with E-state index in [0.717, 1.165) is 0 Å². The summed E-state index contributed by atoms with van der Waals surface area (Å²) < 4.78 is 32.3. The van der Waals surface area contributed by atoms with E-state index in [4.69, 9.17) is 10.00 Å². The molecule has 0 bridgehead atoms. The largest absolute Gasteiger partial charge is 0.444 e. The van der Waals surface area contributed by atoms with Gasteiger partial charge >= 0.3 is 6.09 Å². The van der Waals surface area contributed by atoms with E-state index in [2.05, 4.69) is 5.32 Å². The molecule has 0 heterocycles. The SMILES string of the molecule is CC(C)(C)OC(=O)NCC(F)(F)CNCc1ccccc1C#N. The smallest absolute Gasteiger partial charge is 0.407 e. The average Bonchev–Trinajstić information content (AvgIpc) is 2.44. The molecule has 1 aromatic rings. The molecule has 0 aliphatic carbocycles. The summed E-state index contributed by atoms with van der Waals surface area (Å²) >= 11 is 0. The second-order valence-corrected chi connectivity index (χ2v) is 6.08. The molecule has 0 spiro atoms. The molecule has 126 valence electrons. The molecule has 0 radical (unpaired) electrons. The van der Waals surface area contributed by atoms with Crippen molar-refractivity contribution in [3.8, 4) is 6.07 Å². The van der Waals surface area contributed by atoms with Gasteiger partial charge in [0.05, 0.1) is 24.7 Å². The standard InChI is InChI=1S/C16H21F2N3O2/c1-15(2,3)23-14(22)21-11-16(17,18)10-20-9-13-7-5-4-6-12(13)8-19/h4-7,20H,9-11H2,1-3H3,(H,21,22). The fourth-order valence-electron chi connectivity index (χ4n) is 1.74. The van der Waals surface area contributed by atoms with Gasteiger partial charge in [0.15, 0.2) is 0 Å². The summed E-state index contributed by atoms with van der Waals surface area (Å²) in [5.41, 5.74) is 0.347. The number of ether oxygens (including phenoxy) is 1. The first-order valence-electron chi connectivity index (χ1n) is 7.16. The number of rotatable bonds is 6. The highest BCUT2D eigenvalue weighted by atomic mass is 19.3. The van der Waals surface area contributed by atoms with Crippen LogP contribution in [0.15, 0.2) is 24.3 Å². The number of nitrogens with one attached hydrogen (secondary N) is 2. The Morgan fingerprint density at radius 1 is 1.26 bits per heavy atom. The van der Waals surface area contributed by atoms with Gasteiger partial charge in [0, 0.05) is 6.54 Å². The van der Waals surface area contributed by atoms with Crippen LogP contribution in [0.25, 0.3) is 0 Å². The molecule has 1 amide bonds. The minimum absolute atomic E-state index is 0.145. The summed E-state index contributed by atoms with van der Waals surface area (Å²) in [7, 11) is 0. The fraction of sp³-hybridized carbons (Fsp3) is 0.500. The molecule has 0 aromatic heterocycles. The third-order valence-corrected chi connectivity index (χ3v) is 2.73. The lowest BCUT2D eigenvalue weighted by molar-refractivity contribution is -0.00376. The Labute approximate surface area is 134 Å². The summed E-state index contributed by atoms with van der Waals surface area (Å²) in [6, 6.07) is 8.77. The van der Waals surface area contributed by atoms with Gasteiger partial charge in [-0.2, -0.15) is 5.26 Å². The molecule has 0 aliphatic rings. The van der Waals surface area contributed by atoms with Crippen LogP contribution in [0.5, 0.6) is 0 Å². The van der Waals surface area contributed by atoms with E-state index in [1.54, 1.807) is 45.0 Å². The van der Waals surface area contributed by atoms with E-state index in [1.807, 2.05) is 11.4 Å². The van der Waals surface area contributed by atoms with Crippen LogP contribution in [-0.4, -0.2) is 30.7 Å². The Morgan fingerprint density at radius 3 is 2.52 bits per heavy atom. The Balaban J connectivity index is 2.41. The number of hydrogen-bond donors (Lipinski definition) is 2. The number of halogens is 2. The maximum atomic E-state index is 13.7. The highest BCUT2D eigenvalue weighted by Crippen LogP contribution is 2.13. The van der Waals surface area contributed by atoms with Crippen LogP contribution in [0.3, 0.4) is 0 Å². The summed E-state index contributed by atoms with van der Waals surface area (Å²) in [5, 5.41) is 13.6. The molecule has 1 aromatic carbocycles. The molecule has 0 aliphatic heterocycles. The Morgan fingerprint density at radius 2 is 1.91 bits per heavy atom. The van der Waals surface area contributed by atoms with Crippen LogP contribution in [0.1, 0.15) is 31.9 Å². The normalized spacial score (nSPS) is 11.7. The number of alkyl carbamates (subject to hydrolysis) is 1. The maximum Gasteiger partial charge on any atom is 0.407 e. The molecule has 5 nitrogen and oxygen atoms in total. The molecule has 2 N–H and O–H groups in total. The van der Waals surface area contributed by atoms with Crippen molar-refractivity contribution in [2.24, 2.45) is 0 Å². The molecule has 1 rings (SSSR count). The van der Waals surface area contributed by atoms with Gasteiger partial charge in [-0.15, -0.1) is 0 Å². The maximum absolute atomic E-state index is 13.7. The minimum atomic E-state index is -3.13. The zero-order chi connectivity index (χ0) is 17.5. The van der Waals surface area contributed by atoms with Crippen molar-refractivity contribution in [2.45, 2.75) is 38.8 Å². The molecular weight excluding hydrogens is 304 g/mol. The van der Waals surface area contributed by atoms with Gasteiger partial charge in [0.1, 0.15) is 5.60 Å². The van der Waals surface area contributed by atoms with Crippen molar-refractivity contribution < 1.29 is 18.3 Å². The first kappa shape index (κ1) is 18.8. The molecule has 0 saturated carbocycles. The van der Waals surface area contributed by atoms with Crippen molar-refractivity contribution in [2.75, 3.05) is 13.1 Å². The van der Waals surface area contributed by atoms with Crippen LogP contribution in [0.4, 0.5) is 13.6 Å². The lowest BCUT2D eigenvalue weighted by Crippen LogP contribution is -2.44. The van der Waals surface area contributed by atoms with Gasteiger partial charge in [0.2, 0.25) is 0 Å². The number of nitriles is 1. The van der Waals surface area contributed by atoms with Gasteiger partial charge in [-0.1, -0.05) is 18.2 Å². The van der Waals surface area contributed by atoms with Gasteiger partial charge < -0.3 is 15.4 Å². The van der Waals surface area contributed by atoms with Crippen LogP contribution in [0, 0.1) is 11.3 Å². The lowest BCUT2D eigenvalue weighted by atomic mass is 10.1. The van der Waals surface area contributed by atoms with Gasteiger partial charge in [-0.3, -0.25) is 0 Å². The molecule has 0 atom stereocenters. The number of amides is 1. The second-order valence-electron chi connectivity index (χ2n) is 6.08. The van der Waals surface area contributed by atoms with Crippen molar-refractivity contribution in [1.29, 1.82) is 5.26 Å². The average molecular weight is 325 g/mol. The quantitative estimate of drug-likeness (QED) is 0.843. The van der Waals surface area contributed by atoms with Gasteiger partial charge in [0.25, 0.3) is 5.92 Å². The third kappa shape index (κ3) is 7.56. The Kier molecular flexibility index (Phi) is 6.46. The number of hydrogen-bond acceptors (Lipinski definition) is 4. The van der Waals surface area contributed by atoms with Crippen molar-refractivity contribution in [1.82, 2.24) is 10.6 Å². The van der Waals surface area contributed by atoms with E-state index in [1.165, 1.54) is 0 Å². The Bertz CT molecular complexity index is 577. The van der Waals surface area contributed by atoms with Crippen molar-refractivity contribution in [3.63, 3.8) is 0 Å². The molecule has 0 unspecified atom stereocenters. The van der Waals surface area contributed by atoms with Crippen LogP contribution in [0.2, 0.25) is 0 Å². The van der Waals surface area contributed by atoms with E-state index >= 15 is 0 Å². The first-order valence-corrected chi connectivity index (χ1v) is 7.16. The van der Waals surface area contributed by atoms with Crippen molar-refractivity contribution >= 4 is 6.09 Å². The zero-order valence-corrected chi connectivity index (χ0v) is 13.5. The number of carbonyl (C=O) groups is 1. The molecule has 0 saturated heterocycles. The first-order chi connectivity index (χ1) is 10.6. The second kappa shape index (κ2) is 7.88. The molecule has 7 heteroatoms. The summed E-state index contributed by atoms with van der Waals surface area (Å²) in [6.07, 6.45) is -0.882. The summed E-state index contributed by atoms with van der Waals surface area (Å²) in [5.74, 6) is -3.13. The van der Waals surface area contributed by atoms with E-state index in [9.17, 15) is 13.6 Å². The van der Waals surface area contributed by atoms with Crippen LogP contribution >= 0.6 is 0 Å². The topological polar surface area (TPSA) is 74.2 Å². The molecule has 23 heavy (non-hydrogen) atoms. The van der Waals surface area contributed by atoms with E-state index in [-0.39, 0.29) is 6.54 Å². The number of alkyl halides is 2. The fourth-order valence-corrected chi connectivity index (χ4v) is 1.74. The summed E-state index contributed by atoms with van der Waals surface area (Å²) in [4.78, 5) is 11.4. The van der Waals surface area contributed by atoms with E-state index < -0.39 is 30.7 Å². The van der Waals surface area contributed by atoms with Crippen molar-refractivity contribution in [3.05, 3.63) is 35.4 Å². The summed E-state index contributed by atoms with van der Waals surface area (Å²) in [6.45, 7) is 3.65. The molecule has 0 fully saturated rings. The van der Waals surface area contributed by atoms with Crippen LogP contribution in [-0.2, 0) is 11.3 Å². The minimum Gasteiger partial charge on any atom is -0.444 e. The third-order valence-electron chi connectivity index (χ3n) is 2.73. The van der Waals surface area contributed by atoms with Gasteiger partial charge in [-0.25, -0.2) is 13.6 Å². The van der Waals surface area contributed by atoms with E-state index in [0.29, 0.717) is 11.1 Å². The monoisotopic (exact) mass is 325 g/mol. The highest BCUT2D eigenvalue weighted by molar-refractivity contribution is 5.67. The number of carbonyl (C=O) groups excluding carboxylic acids is 1. The predicted molar refractivity (Wildman–Crippen MR) is 82.0 cm³/mol. The number of nitrogens with zero attached hydrogens (tertiary/aromatic N) is 1. The molecular formula is C16H21F2N3O2. The van der Waals surface area contributed by atoms with Gasteiger partial charge in [-0.05, 0) is 32.4 Å². The highest BCUT2D eigenvalue weighted by Gasteiger charge is 2.30.